The van der Waals surface area contributed by atoms with Crippen molar-refractivity contribution in [2.75, 3.05) is 18.4 Å². The van der Waals surface area contributed by atoms with Crippen molar-refractivity contribution in [1.82, 2.24) is 9.78 Å². The molecular weight excluding hydrogens is 224 g/mol. The molecule has 0 fully saturated rings. The fourth-order valence-electron chi connectivity index (χ4n) is 1.93. The first-order chi connectivity index (χ1) is 8.70. The summed E-state index contributed by atoms with van der Waals surface area (Å²) in [5, 5.41) is 7.60. The van der Waals surface area contributed by atoms with E-state index in [9.17, 15) is 0 Å². The average Bonchev–Trinajstić information content (AvgIpc) is 2.71. The topological polar surface area (TPSA) is 55.9 Å². The molecule has 0 unspecified atom stereocenters. The van der Waals surface area contributed by atoms with Crippen LogP contribution in [0.4, 0.5) is 5.69 Å². The van der Waals surface area contributed by atoms with Crippen LogP contribution in [-0.4, -0.2) is 22.9 Å². The van der Waals surface area contributed by atoms with Gasteiger partial charge < -0.3 is 11.1 Å². The summed E-state index contributed by atoms with van der Waals surface area (Å²) in [5.74, 6) is 0. The molecular formula is C14H20N4. The molecule has 4 heteroatoms. The molecule has 4 nitrogen and oxygen atoms in total. The molecule has 0 radical (unpaired) electrons. The predicted octanol–water partition coefficient (Wildman–Crippen LogP) is 1.69. The molecule has 0 aliphatic rings. The Labute approximate surface area is 108 Å². The number of benzene rings is 1. The van der Waals surface area contributed by atoms with E-state index >= 15 is 0 Å². The van der Waals surface area contributed by atoms with E-state index < -0.39 is 0 Å². The zero-order valence-corrected chi connectivity index (χ0v) is 11.0. The van der Waals surface area contributed by atoms with E-state index in [1.54, 1.807) is 0 Å². The first kappa shape index (κ1) is 12.6. The highest BCUT2D eigenvalue weighted by Gasteiger charge is 2.08. The van der Waals surface area contributed by atoms with Gasteiger partial charge in [-0.2, -0.15) is 5.10 Å². The highest BCUT2D eigenvalue weighted by molar-refractivity contribution is 5.48. The maximum absolute atomic E-state index is 5.51. The summed E-state index contributed by atoms with van der Waals surface area (Å²) in [4.78, 5) is 0. The zero-order valence-electron chi connectivity index (χ0n) is 11.0. The molecule has 18 heavy (non-hydrogen) atoms. The Bertz CT molecular complexity index is 499. The molecule has 0 atom stereocenters. The summed E-state index contributed by atoms with van der Waals surface area (Å²) in [7, 11) is 1.97. The van der Waals surface area contributed by atoms with Crippen LogP contribution in [0.15, 0.2) is 30.5 Å². The van der Waals surface area contributed by atoms with Crippen molar-refractivity contribution < 1.29 is 0 Å². The number of hydrogen-bond donors (Lipinski definition) is 2. The lowest BCUT2D eigenvalue weighted by atomic mass is 10.1. The number of aromatic nitrogens is 2. The third kappa shape index (κ3) is 2.90. The predicted molar refractivity (Wildman–Crippen MR) is 74.7 cm³/mol. The van der Waals surface area contributed by atoms with Crippen molar-refractivity contribution in [3.8, 4) is 0 Å². The Kier molecular flexibility index (Phi) is 3.99. The van der Waals surface area contributed by atoms with Gasteiger partial charge >= 0.3 is 0 Å². The van der Waals surface area contributed by atoms with Crippen LogP contribution in [0.25, 0.3) is 0 Å². The number of rotatable bonds is 5. The molecule has 0 amide bonds. The van der Waals surface area contributed by atoms with Crippen molar-refractivity contribution in [3.63, 3.8) is 0 Å². The lowest BCUT2D eigenvalue weighted by Gasteiger charge is -2.08. The van der Waals surface area contributed by atoms with Gasteiger partial charge in [0.2, 0.25) is 0 Å². The molecule has 0 saturated heterocycles. The van der Waals surface area contributed by atoms with Gasteiger partial charge in [0.05, 0.1) is 17.6 Å². The molecule has 1 heterocycles. The summed E-state index contributed by atoms with van der Waals surface area (Å²) in [5.41, 5.74) is 10.3. The van der Waals surface area contributed by atoms with Gasteiger partial charge in [0.1, 0.15) is 0 Å². The second-order valence-electron chi connectivity index (χ2n) is 4.51. The number of hydrogen-bond acceptors (Lipinski definition) is 3. The van der Waals surface area contributed by atoms with Gasteiger partial charge in [-0.3, -0.25) is 4.68 Å². The van der Waals surface area contributed by atoms with Gasteiger partial charge in [0.15, 0.2) is 0 Å². The van der Waals surface area contributed by atoms with Gasteiger partial charge in [0.25, 0.3) is 0 Å². The zero-order chi connectivity index (χ0) is 13.0. The van der Waals surface area contributed by atoms with Crippen LogP contribution in [0, 0.1) is 6.92 Å². The lowest BCUT2D eigenvalue weighted by Crippen LogP contribution is -2.14. The van der Waals surface area contributed by atoms with E-state index in [-0.39, 0.29) is 0 Å². The van der Waals surface area contributed by atoms with Gasteiger partial charge in [-0.05, 0) is 12.5 Å². The molecule has 0 spiro atoms. The van der Waals surface area contributed by atoms with Crippen LogP contribution in [0.2, 0.25) is 0 Å². The van der Waals surface area contributed by atoms with E-state index in [4.69, 9.17) is 5.73 Å². The Balaban J connectivity index is 2.17. The van der Waals surface area contributed by atoms with Crippen molar-refractivity contribution in [2.45, 2.75) is 13.3 Å². The van der Waals surface area contributed by atoms with Gasteiger partial charge in [-0.25, -0.2) is 0 Å². The molecule has 1 aromatic heterocycles. The van der Waals surface area contributed by atoms with Gasteiger partial charge in [-0.15, -0.1) is 0 Å². The second kappa shape index (κ2) is 5.69. The lowest BCUT2D eigenvalue weighted by molar-refractivity contribution is 0.724. The number of nitrogens with two attached hydrogens (primary N) is 1. The summed E-state index contributed by atoms with van der Waals surface area (Å²) < 4.78 is 1.92. The van der Waals surface area contributed by atoms with E-state index in [2.05, 4.69) is 41.6 Å². The third-order valence-electron chi connectivity index (χ3n) is 3.01. The minimum absolute atomic E-state index is 0.624. The SMILES string of the molecule is Cc1ccc(Cc2c(NCCN)cnn2C)cc1. The third-order valence-corrected chi connectivity index (χ3v) is 3.01. The first-order valence-electron chi connectivity index (χ1n) is 6.21. The average molecular weight is 244 g/mol. The Morgan fingerprint density at radius 1 is 1.28 bits per heavy atom. The smallest absolute Gasteiger partial charge is 0.0762 e. The number of nitrogens with zero attached hydrogens (tertiary/aromatic N) is 2. The highest BCUT2D eigenvalue weighted by atomic mass is 15.3. The van der Waals surface area contributed by atoms with E-state index in [0.717, 1.165) is 18.7 Å². The van der Waals surface area contributed by atoms with Crippen LogP contribution in [0.3, 0.4) is 0 Å². The highest BCUT2D eigenvalue weighted by Crippen LogP contribution is 2.18. The van der Waals surface area contributed by atoms with E-state index in [0.29, 0.717) is 6.54 Å². The van der Waals surface area contributed by atoms with E-state index in [1.807, 2.05) is 17.9 Å². The minimum atomic E-state index is 0.624. The molecule has 3 N–H and O–H groups in total. The summed E-state index contributed by atoms with van der Waals surface area (Å²) in [6.07, 6.45) is 2.74. The van der Waals surface area contributed by atoms with Gasteiger partial charge in [-0.1, -0.05) is 29.8 Å². The van der Waals surface area contributed by atoms with Crippen molar-refractivity contribution >= 4 is 5.69 Å². The molecule has 0 saturated carbocycles. The number of aryl methyl sites for hydroxylation is 2. The van der Waals surface area contributed by atoms with Crippen molar-refractivity contribution in [3.05, 3.63) is 47.3 Å². The van der Waals surface area contributed by atoms with E-state index in [1.165, 1.54) is 16.8 Å². The van der Waals surface area contributed by atoms with Crippen LogP contribution in [0.5, 0.6) is 0 Å². The largest absolute Gasteiger partial charge is 0.381 e. The Morgan fingerprint density at radius 2 is 2.00 bits per heavy atom. The summed E-state index contributed by atoms with van der Waals surface area (Å²) in [6, 6.07) is 8.60. The molecule has 1 aromatic carbocycles. The maximum Gasteiger partial charge on any atom is 0.0762 e. The van der Waals surface area contributed by atoms with Crippen molar-refractivity contribution in [2.24, 2.45) is 12.8 Å². The molecule has 0 aliphatic carbocycles. The van der Waals surface area contributed by atoms with Crippen LogP contribution in [-0.2, 0) is 13.5 Å². The van der Waals surface area contributed by atoms with Crippen LogP contribution in [0.1, 0.15) is 16.8 Å². The monoisotopic (exact) mass is 244 g/mol. The fraction of sp³-hybridized carbons (Fsp3) is 0.357. The molecule has 2 aromatic rings. The maximum atomic E-state index is 5.51. The van der Waals surface area contributed by atoms with Crippen LogP contribution >= 0.6 is 0 Å². The fourth-order valence-corrected chi connectivity index (χ4v) is 1.93. The number of anilines is 1. The Hall–Kier alpha value is -1.81. The van der Waals surface area contributed by atoms with Gasteiger partial charge in [0, 0.05) is 26.6 Å². The Morgan fingerprint density at radius 3 is 2.67 bits per heavy atom. The van der Waals surface area contributed by atoms with Crippen LogP contribution < -0.4 is 11.1 Å². The van der Waals surface area contributed by atoms with Crippen molar-refractivity contribution in [1.29, 1.82) is 0 Å². The molecule has 0 bridgehead atoms. The molecule has 96 valence electrons. The standard InChI is InChI=1S/C14H20N4/c1-11-3-5-12(6-4-11)9-14-13(16-8-7-15)10-17-18(14)2/h3-6,10,16H,7-9,15H2,1-2H3. The normalized spacial score (nSPS) is 10.6. The second-order valence-corrected chi connectivity index (χ2v) is 4.51. The quantitative estimate of drug-likeness (QED) is 0.841. The molecule has 2 rings (SSSR count). The minimum Gasteiger partial charge on any atom is -0.381 e. The first-order valence-corrected chi connectivity index (χ1v) is 6.21. The molecule has 0 aliphatic heterocycles. The number of nitrogens with one attached hydrogen (secondary N) is 1. The summed E-state index contributed by atoms with van der Waals surface area (Å²) >= 11 is 0. The summed E-state index contributed by atoms with van der Waals surface area (Å²) in [6.45, 7) is 3.49.